The van der Waals surface area contributed by atoms with Crippen molar-refractivity contribution in [2.75, 3.05) is 0 Å². The summed E-state index contributed by atoms with van der Waals surface area (Å²) in [5.74, 6) is 0. The van der Waals surface area contributed by atoms with Crippen LogP contribution in [0.5, 0.6) is 0 Å². The van der Waals surface area contributed by atoms with E-state index in [2.05, 4.69) is 0 Å². The van der Waals surface area contributed by atoms with Crippen LogP contribution in [0.3, 0.4) is 0 Å². The summed E-state index contributed by atoms with van der Waals surface area (Å²) in [4.78, 5) is 0. The molecule has 0 saturated heterocycles. The van der Waals surface area contributed by atoms with E-state index in [1.54, 1.807) is 0 Å². The number of alkyl halides is 3. The molecule has 0 amide bonds. The van der Waals surface area contributed by atoms with E-state index in [9.17, 15) is 13.2 Å². The molecule has 4 heteroatoms. The Hall–Kier alpha value is 0.387. The van der Waals surface area contributed by atoms with E-state index in [1.165, 1.54) is 0 Å². The second kappa shape index (κ2) is 3.40. The fraction of sp³-hybridized carbons (Fsp3) is 0.667. The second-order valence-electron chi connectivity index (χ2n) is 0.830. The van der Waals surface area contributed by atoms with Crippen molar-refractivity contribution in [1.29, 1.82) is 0 Å². The van der Waals surface area contributed by atoms with Crippen LogP contribution in [-0.4, -0.2) is 25.0 Å². The molecule has 0 aliphatic carbocycles. The van der Waals surface area contributed by atoms with E-state index < -0.39 is 6.18 Å². The van der Waals surface area contributed by atoms with Gasteiger partial charge in [-0.05, 0) is 0 Å². The van der Waals surface area contributed by atoms with Crippen molar-refractivity contribution in [3.05, 3.63) is 6.42 Å². The maximum atomic E-state index is 10.7. The van der Waals surface area contributed by atoms with Gasteiger partial charge in [-0.3, -0.25) is 0 Å². The first-order chi connectivity index (χ1) is 2.56. The number of rotatable bonds is 0. The molecule has 0 aromatic rings. The van der Waals surface area contributed by atoms with Crippen molar-refractivity contribution in [2.24, 2.45) is 0 Å². The van der Waals surface area contributed by atoms with Gasteiger partial charge in [0.2, 0.25) is 0 Å². The normalized spacial score (nSPS) is 10.3. The Morgan fingerprint density at radius 2 is 1.43 bits per heavy atom. The summed E-state index contributed by atoms with van der Waals surface area (Å²) < 4.78 is 32.2. The molecular formula is C3H5F3Li. The number of halogens is 3. The summed E-state index contributed by atoms with van der Waals surface area (Å²) in [7, 11) is 0. The van der Waals surface area contributed by atoms with Gasteiger partial charge >= 0.3 is 25.0 Å². The molecule has 0 unspecified atom stereocenters. The van der Waals surface area contributed by atoms with Gasteiger partial charge in [0.25, 0.3) is 0 Å². The van der Waals surface area contributed by atoms with Crippen LogP contribution in [-0.2, 0) is 0 Å². The zero-order valence-corrected chi connectivity index (χ0v) is 3.21. The van der Waals surface area contributed by atoms with Crippen LogP contribution >= 0.6 is 0 Å². The van der Waals surface area contributed by atoms with Crippen LogP contribution in [0.4, 0.5) is 13.2 Å². The van der Waals surface area contributed by atoms with Crippen LogP contribution in [0.15, 0.2) is 0 Å². The molecule has 7 heavy (non-hydrogen) atoms. The van der Waals surface area contributed by atoms with E-state index in [4.69, 9.17) is 0 Å². The zero-order valence-electron chi connectivity index (χ0n) is 3.21. The van der Waals surface area contributed by atoms with Crippen LogP contribution in [0.25, 0.3) is 0 Å². The predicted molar refractivity (Wildman–Crippen MR) is 23.2 cm³/mol. The average Bonchev–Trinajstić information content (AvgIpc) is 1.35. The van der Waals surface area contributed by atoms with Crippen molar-refractivity contribution in [2.45, 2.75) is 13.1 Å². The van der Waals surface area contributed by atoms with Crippen molar-refractivity contribution in [3.63, 3.8) is 0 Å². The van der Waals surface area contributed by atoms with E-state index in [1.807, 2.05) is 0 Å². The van der Waals surface area contributed by atoms with Crippen molar-refractivity contribution in [1.82, 2.24) is 0 Å². The summed E-state index contributed by atoms with van der Waals surface area (Å²) in [5, 5.41) is 0. The first kappa shape index (κ1) is 10.4. The molecule has 0 atom stereocenters. The molecule has 0 saturated carbocycles. The Balaban J connectivity index is 0. The molecule has 0 heterocycles. The number of hydrogen-bond donors (Lipinski definition) is 0. The first-order valence-corrected chi connectivity index (χ1v) is 1.43. The van der Waals surface area contributed by atoms with Crippen molar-refractivity contribution < 1.29 is 13.2 Å². The third-order valence-electron chi connectivity index (χ3n) is 0.327. The Kier molecular flexibility index (Phi) is 5.04. The monoisotopic (exact) mass is 105 g/mol. The predicted octanol–water partition coefficient (Wildman–Crippen LogP) is 1.12. The van der Waals surface area contributed by atoms with Gasteiger partial charge in [0.15, 0.2) is 0 Å². The Labute approximate surface area is 52.3 Å². The molecule has 0 nitrogen and oxygen atoms in total. The molecule has 0 aliphatic rings. The minimum absolute atomic E-state index is 0. The van der Waals surface area contributed by atoms with Gasteiger partial charge in [0.1, 0.15) is 0 Å². The second-order valence-corrected chi connectivity index (χ2v) is 0.830. The third-order valence-corrected chi connectivity index (χ3v) is 0.327. The topological polar surface area (TPSA) is 0 Å². The summed E-state index contributed by atoms with van der Waals surface area (Å²) in [6.45, 7) is 0.958. The molecule has 0 aromatic carbocycles. The van der Waals surface area contributed by atoms with Gasteiger partial charge in [0, 0.05) is 0 Å². The fourth-order valence-electron chi connectivity index (χ4n) is 0. The number of hydrogen-bond acceptors (Lipinski definition) is 0. The molecule has 0 rings (SSSR count). The van der Waals surface area contributed by atoms with E-state index >= 15 is 0 Å². The van der Waals surface area contributed by atoms with E-state index in [-0.39, 0.29) is 25.3 Å². The Morgan fingerprint density at radius 3 is 1.43 bits per heavy atom. The molecule has 0 fully saturated rings. The Bertz CT molecular complexity index is 39.9. The van der Waals surface area contributed by atoms with Crippen LogP contribution in [0.1, 0.15) is 6.92 Å². The van der Waals surface area contributed by atoms with Crippen LogP contribution < -0.4 is 0 Å². The molecule has 0 bridgehead atoms. The average molecular weight is 105 g/mol. The maximum absolute atomic E-state index is 10.7. The van der Waals surface area contributed by atoms with E-state index in [0.717, 1.165) is 6.92 Å². The van der Waals surface area contributed by atoms with Gasteiger partial charge in [-0.25, -0.2) is 0 Å². The van der Waals surface area contributed by atoms with E-state index in [0.29, 0.717) is 0 Å². The quantitative estimate of drug-likeness (QED) is 0.405. The zero-order chi connectivity index (χ0) is 5.21. The van der Waals surface area contributed by atoms with Gasteiger partial charge in [-0.2, -0.15) is 13.2 Å². The molecule has 0 aromatic heterocycles. The standard InChI is InChI=1S/C3H4F3.Li.H/c1-2-3(4,5)6;;/h2H,1H3;;. The SMILES string of the molecule is C[CH]C(F)(F)F.[LiH]. The van der Waals surface area contributed by atoms with Gasteiger partial charge < -0.3 is 0 Å². The molecule has 39 valence electrons. The summed E-state index contributed by atoms with van der Waals surface area (Å²) in [5.41, 5.74) is 0. The van der Waals surface area contributed by atoms with Gasteiger partial charge in [-0.1, -0.05) is 6.92 Å². The molecule has 0 N–H and O–H groups in total. The van der Waals surface area contributed by atoms with Crippen LogP contribution in [0, 0.1) is 6.42 Å². The fourth-order valence-corrected chi connectivity index (χ4v) is 0. The van der Waals surface area contributed by atoms with Crippen LogP contribution in [0.2, 0.25) is 0 Å². The van der Waals surface area contributed by atoms with Gasteiger partial charge in [0.05, 0.1) is 6.42 Å². The molecular weight excluding hydrogens is 100.0 g/mol. The summed E-state index contributed by atoms with van der Waals surface area (Å²) in [6.07, 6.45) is -3.90. The van der Waals surface area contributed by atoms with Crippen molar-refractivity contribution >= 4 is 18.9 Å². The molecule has 1 radical (unpaired) electrons. The van der Waals surface area contributed by atoms with Gasteiger partial charge in [-0.15, -0.1) is 0 Å². The third kappa shape index (κ3) is 10.7. The van der Waals surface area contributed by atoms with Crippen molar-refractivity contribution in [3.8, 4) is 0 Å². The Morgan fingerprint density at radius 1 is 1.29 bits per heavy atom. The minimum atomic E-state index is -4.08. The summed E-state index contributed by atoms with van der Waals surface area (Å²) >= 11 is 0. The molecule has 0 spiro atoms. The molecule has 0 aliphatic heterocycles. The summed E-state index contributed by atoms with van der Waals surface area (Å²) in [6, 6.07) is 0. The first-order valence-electron chi connectivity index (χ1n) is 1.43.